The van der Waals surface area contributed by atoms with Crippen molar-refractivity contribution in [1.29, 1.82) is 0 Å². The molecule has 8 heteroatoms. The molecule has 1 aliphatic heterocycles. The van der Waals surface area contributed by atoms with Crippen molar-refractivity contribution in [3.05, 3.63) is 42.5 Å². The van der Waals surface area contributed by atoms with E-state index in [2.05, 4.69) is 26.2 Å². The average Bonchev–Trinajstić information content (AvgIpc) is 2.97. The molecule has 0 saturated heterocycles. The maximum Gasteiger partial charge on any atom is 0.573 e. The van der Waals surface area contributed by atoms with Crippen LogP contribution in [-0.4, -0.2) is 34.2 Å². The van der Waals surface area contributed by atoms with Gasteiger partial charge in [0.05, 0.1) is 5.69 Å². The molecule has 0 aliphatic carbocycles. The van der Waals surface area contributed by atoms with Gasteiger partial charge in [-0.1, -0.05) is 6.08 Å². The van der Waals surface area contributed by atoms with Gasteiger partial charge in [-0.05, 0) is 37.2 Å². The normalized spacial score (nSPS) is 15.5. The van der Waals surface area contributed by atoms with Crippen LogP contribution in [0.5, 0.6) is 5.75 Å². The average molecular weight is 310 g/mol. The van der Waals surface area contributed by atoms with Crippen LogP contribution in [0.2, 0.25) is 0 Å². The van der Waals surface area contributed by atoms with E-state index in [-0.39, 0.29) is 5.75 Å². The lowest BCUT2D eigenvalue weighted by molar-refractivity contribution is -0.274. The van der Waals surface area contributed by atoms with Gasteiger partial charge in [0, 0.05) is 12.1 Å². The number of hydrogen-bond acceptors (Lipinski definition) is 4. The van der Waals surface area contributed by atoms with E-state index in [1.165, 1.54) is 35.3 Å². The van der Waals surface area contributed by atoms with Crippen molar-refractivity contribution in [2.45, 2.75) is 12.8 Å². The van der Waals surface area contributed by atoms with E-state index in [9.17, 15) is 13.2 Å². The summed E-state index contributed by atoms with van der Waals surface area (Å²) in [6.45, 7) is 1.65. The van der Waals surface area contributed by atoms with Gasteiger partial charge in [0.1, 0.15) is 12.1 Å². The minimum atomic E-state index is -4.69. The molecule has 22 heavy (non-hydrogen) atoms. The van der Waals surface area contributed by atoms with Crippen molar-refractivity contribution in [2.24, 2.45) is 0 Å². The number of nitrogens with one attached hydrogen (secondary N) is 1. The Morgan fingerprint density at radius 3 is 2.59 bits per heavy atom. The molecular weight excluding hydrogens is 297 g/mol. The van der Waals surface area contributed by atoms with Gasteiger partial charge in [0.15, 0.2) is 5.82 Å². The maximum absolute atomic E-state index is 12.1. The molecule has 116 valence electrons. The highest BCUT2D eigenvalue weighted by Crippen LogP contribution is 2.23. The molecule has 3 rings (SSSR count). The van der Waals surface area contributed by atoms with Crippen LogP contribution in [0, 0.1) is 0 Å². The zero-order valence-corrected chi connectivity index (χ0v) is 11.5. The molecule has 5 nitrogen and oxygen atoms in total. The summed E-state index contributed by atoms with van der Waals surface area (Å²) < 4.78 is 41.7. The van der Waals surface area contributed by atoms with E-state index >= 15 is 0 Å². The molecule has 0 atom stereocenters. The van der Waals surface area contributed by atoms with Gasteiger partial charge in [0.25, 0.3) is 0 Å². The summed E-state index contributed by atoms with van der Waals surface area (Å²) in [6, 6.07) is 5.47. The monoisotopic (exact) mass is 310 g/mol. The molecular formula is C14H13F3N4O. The zero-order chi connectivity index (χ0) is 15.6. The number of hydrogen-bond donors (Lipinski definition) is 1. The zero-order valence-electron chi connectivity index (χ0n) is 11.5. The van der Waals surface area contributed by atoms with Crippen LogP contribution < -0.4 is 10.1 Å². The first-order valence-electron chi connectivity index (χ1n) is 6.69. The Balaban J connectivity index is 1.77. The highest BCUT2D eigenvalue weighted by atomic mass is 19.4. The van der Waals surface area contributed by atoms with Crippen molar-refractivity contribution in [3.63, 3.8) is 0 Å². The summed E-state index contributed by atoms with van der Waals surface area (Å²) in [5.41, 5.74) is 1.62. The summed E-state index contributed by atoms with van der Waals surface area (Å²) in [4.78, 5) is 4.23. The van der Waals surface area contributed by atoms with Gasteiger partial charge < -0.3 is 10.1 Å². The number of halogens is 3. The van der Waals surface area contributed by atoms with Gasteiger partial charge in [0.2, 0.25) is 0 Å². The summed E-state index contributed by atoms with van der Waals surface area (Å²) >= 11 is 0. The summed E-state index contributed by atoms with van der Waals surface area (Å²) in [6.07, 6.45) is -0.156. The second-order valence-corrected chi connectivity index (χ2v) is 4.75. The molecule has 0 unspecified atom stereocenters. The summed E-state index contributed by atoms with van der Waals surface area (Å²) in [5, 5.41) is 7.57. The van der Waals surface area contributed by atoms with Gasteiger partial charge in [-0.15, -0.1) is 18.3 Å². The van der Waals surface area contributed by atoms with Crippen LogP contribution in [0.1, 0.15) is 12.2 Å². The third kappa shape index (κ3) is 3.45. The summed E-state index contributed by atoms with van der Waals surface area (Å²) in [5.74, 6) is 0.346. The fraction of sp³-hybridized carbons (Fsp3) is 0.286. The van der Waals surface area contributed by atoms with Crippen LogP contribution in [-0.2, 0) is 0 Å². The molecule has 0 radical (unpaired) electrons. The fourth-order valence-corrected chi connectivity index (χ4v) is 2.15. The van der Waals surface area contributed by atoms with E-state index < -0.39 is 6.36 Å². The number of benzene rings is 1. The van der Waals surface area contributed by atoms with Crippen LogP contribution >= 0.6 is 0 Å². The topological polar surface area (TPSA) is 52.0 Å². The van der Waals surface area contributed by atoms with E-state index in [1.807, 2.05) is 0 Å². The van der Waals surface area contributed by atoms with Gasteiger partial charge >= 0.3 is 6.36 Å². The molecule has 1 aliphatic rings. The number of nitrogens with zero attached hydrogens (tertiary/aromatic N) is 3. The number of aromatic nitrogens is 3. The van der Waals surface area contributed by atoms with E-state index in [4.69, 9.17) is 0 Å². The quantitative estimate of drug-likeness (QED) is 0.946. The lowest BCUT2D eigenvalue weighted by atomic mass is 10.1. The Hall–Kier alpha value is -2.35. The molecule has 2 aromatic rings. The molecule has 0 amide bonds. The molecule has 1 aromatic carbocycles. The van der Waals surface area contributed by atoms with Gasteiger partial charge in [-0.3, -0.25) is 0 Å². The predicted octanol–water partition coefficient (Wildman–Crippen LogP) is 2.54. The van der Waals surface area contributed by atoms with Crippen LogP contribution in [0.3, 0.4) is 0 Å². The molecule has 2 heterocycles. The Labute approximate surface area is 124 Å². The van der Waals surface area contributed by atoms with Gasteiger partial charge in [-0.2, -0.15) is 0 Å². The Morgan fingerprint density at radius 2 is 1.95 bits per heavy atom. The van der Waals surface area contributed by atoms with Crippen molar-refractivity contribution >= 4 is 5.57 Å². The second kappa shape index (κ2) is 5.80. The largest absolute Gasteiger partial charge is 0.573 e. The van der Waals surface area contributed by atoms with Crippen molar-refractivity contribution in [2.75, 3.05) is 13.1 Å². The predicted molar refractivity (Wildman–Crippen MR) is 73.5 cm³/mol. The first-order chi connectivity index (χ1) is 10.5. The smallest absolute Gasteiger partial charge is 0.406 e. The lowest BCUT2D eigenvalue weighted by Gasteiger charge is -2.11. The highest BCUT2D eigenvalue weighted by molar-refractivity contribution is 5.61. The van der Waals surface area contributed by atoms with Crippen molar-refractivity contribution < 1.29 is 17.9 Å². The summed E-state index contributed by atoms with van der Waals surface area (Å²) in [7, 11) is 0. The van der Waals surface area contributed by atoms with Crippen molar-refractivity contribution in [3.8, 4) is 11.4 Å². The molecule has 0 spiro atoms. The lowest BCUT2D eigenvalue weighted by Crippen LogP contribution is -2.22. The Bertz CT molecular complexity index is 676. The third-order valence-electron chi connectivity index (χ3n) is 3.14. The molecule has 0 bridgehead atoms. The number of ether oxygens (including phenoxy) is 1. The number of rotatable bonds is 3. The molecule has 1 aromatic heterocycles. The second-order valence-electron chi connectivity index (χ2n) is 4.75. The minimum absolute atomic E-state index is 0.268. The first kappa shape index (κ1) is 14.6. The van der Waals surface area contributed by atoms with E-state index in [0.29, 0.717) is 18.1 Å². The van der Waals surface area contributed by atoms with Crippen LogP contribution in [0.15, 0.2) is 36.7 Å². The number of alkyl halides is 3. The minimum Gasteiger partial charge on any atom is -0.406 e. The Kier molecular flexibility index (Phi) is 3.84. The first-order valence-corrected chi connectivity index (χ1v) is 6.69. The standard InChI is InChI=1S/C14H13F3N4O/c15-14(16,17)22-12-5-3-11(4-6-12)21-9-19-13(20-21)10-2-1-7-18-8-10/h2-6,9,18H,1,7-8H2. The van der Waals surface area contributed by atoms with Crippen LogP contribution in [0.25, 0.3) is 11.3 Å². The van der Waals surface area contributed by atoms with Crippen molar-refractivity contribution in [1.82, 2.24) is 20.1 Å². The van der Waals surface area contributed by atoms with Gasteiger partial charge in [-0.25, -0.2) is 9.67 Å². The molecule has 0 saturated carbocycles. The SMILES string of the molecule is FC(F)(F)Oc1ccc(-n2cnc(C3=CCCNC3)n2)cc1. The van der Waals surface area contributed by atoms with E-state index in [0.717, 1.165) is 18.5 Å². The highest BCUT2D eigenvalue weighted by Gasteiger charge is 2.30. The van der Waals surface area contributed by atoms with Crippen LogP contribution in [0.4, 0.5) is 13.2 Å². The molecule has 1 N–H and O–H groups in total. The molecule has 0 fully saturated rings. The van der Waals surface area contributed by atoms with E-state index in [1.54, 1.807) is 0 Å². The Morgan fingerprint density at radius 1 is 1.18 bits per heavy atom. The third-order valence-corrected chi connectivity index (χ3v) is 3.14. The fourth-order valence-electron chi connectivity index (χ4n) is 2.15. The maximum atomic E-state index is 12.1.